The number of hydrogen-bond acceptors (Lipinski definition) is 4. The lowest BCUT2D eigenvalue weighted by Gasteiger charge is -2.12. The van der Waals surface area contributed by atoms with Crippen LogP contribution in [0.25, 0.3) is 100 Å². The molecule has 0 atom stereocenters. The van der Waals surface area contributed by atoms with Crippen LogP contribution in [0.4, 0.5) is 0 Å². The first-order valence-electron chi connectivity index (χ1n) is 18.7. The number of aromatic nitrogens is 6. The molecule has 0 amide bonds. The highest BCUT2D eigenvalue weighted by Gasteiger charge is 2.20. The van der Waals surface area contributed by atoms with E-state index in [1.54, 1.807) is 0 Å². The average molecular weight is 717 g/mol. The number of pyridine rings is 1. The van der Waals surface area contributed by atoms with E-state index in [0.29, 0.717) is 17.5 Å². The van der Waals surface area contributed by atoms with E-state index < -0.39 is 0 Å². The maximum Gasteiger partial charge on any atom is 0.164 e. The summed E-state index contributed by atoms with van der Waals surface area (Å²) in [6.07, 6.45) is 1.93. The van der Waals surface area contributed by atoms with Crippen molar-refractivity contribution in [3.63, 3.8) is 0 Å². The van der Waals surface area contributed by atoms with Crippen LogP contribution < -0.4 is 0 Å². The smallest absolute Gasteiger partial charge is 0.164 e. The van der Waals surface area contributed by atoms with Crippen molar-refractivity contribution >= 4 is 43.6 Å². The van der Waals surface area contributed by atoms with Crippen LogP contribution in [0.15, 0.2) is 194 Å². The van der Waals surface area contributed by atoms with E-state index in [1.165, 1.54) is 21.8 Å². The van der Waals surface area contributed by atoms with E-state index in [4.69, 9.17) is 19.9 Å². The summed E-state index contributed by atoms with van der Waals surface area (Å²) >= 11 is 0. The van der Waals surface area contributed by atoms with Gasteiger partial charge in [-0.05, 0) is 48.5 Å². The maximum absolute atomic E-state index is 5.06. The molecular weight excluding hydrogens is 685 g/mol. The van der Waals surface area contributed by atoms with Crippen molar-refractivity contribution in [2.75, 3.05) is 0 Å². The molecule has 0 saturated carbocycles. The van der Waals surface area contributed by atoms with Crippen LogP contribution in [-0.4, -0.2) is 29.1 Å². The number of nitrogens with zero attached hydrogens (tertiary/aromatic N) is 6. The highest BCUT2D eigenvalue weighted by molar-refractivity contribution is 6.14. The minimum absolute atomic E-state index is 0.617. The molecule has 6 heteroatoms. The van der Waals surface area contributed by atoms with Gasteiger partial charge in [-0.1, -0.05) is 140 Å². The Bertz CT molecular complexity index is 3110. The molecule has 11 aromatic rings. The zero-order chi connectivity index (χ0) is 37.0. The van der Waals surface area contributed by atoms with Gasteiger partial charge in [0.2, 0.25) is 0 Å². The highest BCUT2D eigenvalue weighted by atomic mass is 15.0. The van der Waals surface area contributed by atoms with Gasteiger partial charge >= 0.3 is 0 Å². The minimum Gasteiger partial charge on any atom is -0.309 e. The lowest BCUT2D eigenvalue weighted by Crippen LogP contribution is -2.00. The van der Waals surface area contributed by atoms with Crippen molar-refractivity contribution in [1.29, 1.82) is 0 Å². The summed E-state index contributed by atoms with van der Waals surface area (Å²) in [5, 5.41) is 4.79. The van der Waals surface area contributed by atoms with Crippen LogP contribution in [-0.2, 0) is 0 Å². The Labute approximate surface area is 322 Å². The molecule has 0 aliphatic heterocycles. The first kappa shape index (κ1) is 31.8. The van der Waals surface area contributed by atoms with E-state index in [-0.39, 0.29) is 0 Å². The molecule has 0 spiro atoms. The number of benzene rings is 7. The summed E-state index contributed by atoms with van der Waals surface area (Å²) in [5.41, 5.74) is 11.4. The summed E-state index contributed by atoms with van der Waals surface area (Å²) in [4.78, 5) is 19.8. The van der Waals surface area contributed by atoms with Crippen molar-refractivity contribution in [3.8, 4) is 56.8 Å². The van der Waals surface area contributed by atoms with Gasteiger partial charge in [0.05, 0.1) is 27.8 Å². The molecule has 262 valence electrons. The fraction of sp³-hybridized carbons (Fsp3) is 0. The summed E-state index contributed by atoms with van der Waals surface area (Å²) < 4.78 is 4.73. The van der Waals surface area contributed by atoms with Crippen LogP contribution in [0.2, 0.25) is 0 Å². The van der Waals surface area contributed by atoms with E-state index in [1.807, 2.05) is 66.9 Å². The highest BCUT2D eigenvalue weighted by Crippen LogP contribution is 2.40. The van der Waals surface area contributed by atoms with Gasteiger partial charge in [0.25, 0.3) is 0 Å². The van der Waals surface area contributed by atoms with E-state index in [2.05, 4.69) is 137 Å². The van der Waals surface area contributed by atoms with Crippen LogP contribution in [0, 0.1) is 0 Å². The van der Waals surface area contributed by atoms with Crippen LogP contribution in [0.3, 0.4) is 0 Å². The van der Waals surface area contributed by atoms with Crippen molar-refractivity contribution in [2.24, 2.45) is 0 Å². The molecule has 0 N–H and O–H groups in total. The van der Waals surface area contributed by atoms with E-state index in [0.717, 1.165) is 61.1 Å². The second-order valence-electron chi connectivity index (χ2n) is 13.9. The average Bonchev–Trinajstić information content (AvgIpc) is 3.80. The Kier molecular flexibility index (Phi) is 7.38. The Balaban J connectivity index is 1.08. The van der Waals surface area contributed by atoms with Gasteiger partial charge in [-0.15, -0.1) is 0 Å². The molecule has 0 fully saturated rings. The number of para-hydroxylation sites is 3. The van der Waals surface area contributed by atoms with Gasteiger partial charge in [0.1, 0.15) is 0 Å². The van der Waals surface area contributed by atoms with Crippen LogP contribution in [0.1, 0.15) is 0 Å². The van der Waals surface area contributed by atoms with Crippen molar-refractivity contribution in [3.05, 3.63) is 194 Å². The van der Waals surface area contributed by atoms with Crippen LogP contribution in [0.5, 0.6) is 0 Å². The monoisotopic (exact) mass is 716 g/mol. The third-order valence-corrected chi connectivity index (χ3v) is 10.6. The second kappa shape index (κ2) is 13.0. The zero-order valence-electron chi connectivity index (χ0n) is 30.2. The van der Waals surface area contributed by atoms with Gasteiger partial charge < -0.3 is 9.13 Å². The predicted octanol–water partition coefficient (Wildman–Crippen LogP) is 12.1. The molecule has 0 bridgehead atoms. The Morgan fingerprint density at radius 3 is 1.39 bits per heavy atom. The standard InChI is InChI=1S/C50H32N6/c1-4-14-34(15-5-1)48-52-49(35-16-6-2-7-17-35)54-50(53-48)36-26-24-33(25-27-36)46-47-41(30-31-51-46)42-32-38(28-29-45(42)56(47)37-18-8-3-9-19-37)55-43-22-12-10-20-39(43)40-21-11-13-23-44(40)55/h1-32H. The van der Waals surface area contributed by atoms with Gasteiger partial charge in [-0.25, -0.2) is 15.0 Å². The molecule has 4 aromatic heterocycles. The summed E-state index contributed by atoms with van der Waals surface area (Å²) in [5.74, 6) is 1.89. The fourth-order valence-corrected chi connectivity index (χ4v) is 8.06. The van der Waals surface area contributed by atoms with E-state index >= 15 is 0 Å². The largest absolute Gasteiger partial charge is 0.309 e. The third-order valence-electron chi connectivity index (χ3n) is 10.6. The summed E-state index contributed by atoms with van der Waals surface area (Å²) in [7, 11) is 0. The van der Waals surface area contributed by atoms with Gasteiger partial charge in [-0.2, -0.15) is 0 Å². The maximum atomic E-state index is 5.06. The number of hydrogen-bond donors (Lipinski definition) is 0. The molecule has 0 radical (unpaired) electrons. The summed E-state index contributed by atoms with van der Waals surface area (Å²) in [6.45, 7) is 0. The zero-order valence-corrected chi connectivity index (χ0v) is 30.2. The lowest BCUT2D eigenvalue weighted by molar-refractivity contribution is 1.07. The molecule has 0 aliphatic rings. The van der Waals surface area contributed by atoms with Crippen molar-refractivity contribution in [2.45, 2.75) is 0 Å². The lowest BCUT2D eigenvalue weighted by atomic mass is 10.0. The Morgan fingerprint density at radius 1 is 0.321 bits per heavy atom. The quantitative estimate of drug-likeness (QED) is 0.172. The Morgan fingerprint density at radius 2 is 0.804 bits per heavy atom. The van der Waals surface area contributed by atoms with Crippen molar-refractivity contribution < 1.29 is 0 Å². The number of rotatable bonds is 6. The third kappa shape index (κ3) is 5.19. The molecule has 7 aromatic carbocycles. The SMILES string of the molecule is c1ccc(-c2nc(-c3ccccc3)nc(-c3ccc(-c4nccc5c6cc(-n7c8ccccc8c8ccccc87)ccc6n(-c6ccccc6)c45)cc3)n2)cc1. The molecule has 11 rings (SSSR count). The first-order valence-corrected chi connectivity index (χ1v) is 18.7. The Hall–Kier alpha value is -7.70. The second-order valence-corrected chi connectivity index (χ2v) is 13.9. The summed E-state index contributed by atoms with van der Waals surface area (Å²) in [6, 6.07) is 65.4. The van der Waals surface area contributed by atoms with Crippen LogP contribution >= 0.6 is 0 Å². The van der Waals surface area contributed by atoms with Gasteiger partial charge in [0.15, 0.2) is 17.5 Å². The van der Waals surface area contributed by atoms with E-state index in [9.17, 15) is 0 Å². The molecular formula is C50H32N6. The molecule has 6 nitrogen and oxygen atoms in total. The van der Waals surface area contributed by atoms with Crippen molar-refractivity contribution in [1.82, 2.24) is 29.1 Å². The molecule has 0 aliphatic carbocycles. The normalized spacial score (nSPS) is 11.6. The molecule has 4 heterocycles. The topological polar surface area (TPSA) is 61.4 Å². The molecule has 0 saturated heterocycles. The predicted molar refractivity (Wildman–Crippen MR) is 228 cm³/mol. The van der Waals surface area contributed by atoms with Gasteiger partial charge in [0, 0.05) is 61.4 Å². The minimum atomic E-state index is 0.617. The van der Waals surface area contributed by atoms with Gasteiger partial charge in [-0.3, -0.25) is 4.98 Å². The first-order chi connectivity index (χ1) is 27.8. The number of fused-ring (bicyclic) bond motifs is 6. The molecule has 56 heavy (non-hydrogen) atoms. The molecule has 0 unspecified atom stereocenters. The fourth-order valence-electron chi connectivity index (χ4n) is 8.06.